The van der Waals surface area contributed by atoms with Gasteiger partial charge in [0.2, 0.25) is 0 Å². The summed E-state index contributed by atoms with van der Waals surface area (Å²) in [6.07, 6.45) is -0.0266. The third-order valence-electron chi connectivity index (χ3n) is 5.58. The number of carbonyl (C=O) groups is 2. The Kier molecular flexibility index (Phi) is 6.84. The van der Waals surface area contributed by atoms with E-state index >= 15 is 0 Å². The van der Waals surface area contributed by atoms with Gasteiger partial charge in [-0.15, -0.1) is 0 Å². The molecule has 0 aliphatic carbocycles. The number of benzene rings is 3. The van der Waals surface area contributed by atoms with Crippen molar-refractivity contribution >= 4 is 29.1 Å². The summed E-state index contributed by atoms with van der Waals surface area (Å²) in [6, 6.07) is 19.8. The Morgan fingerprint density at radius 2 is 1.91 bits per heavy atom. The SMILES string of the molecule is CC[C@@H]1Oc2ccc(NC(=O)c3ccc(OC)cc3)cc2CN(Cc2ccccc2Cl)C1=O. The lowest BCUT2D eigenvalue weighted by molar-refractivity contribution is -0.139. The zero-order valence-electron chi connectivity index (χ0n) is 18.5. The number of rotatable bonds is 6. The summed E-state index contributed by atoms with van der Waals surface area (Å²) in [7, 11) is 1.58. The molecule has 1 atom stereocenters. The molecule has 0 fully saturated rings. The summed E-state index contributed by atoms with van der Waals surface area (Å²) in [6.45, 7) is 2.65. The van der Waals surface area contributed by atoms with Gasteiger partial charge in [-0.25, -0.2) is 0 Å². The Morgan fingerprint density at radius 1 is 1.15 bits per heavy atom. The standard InChI is InChI=1S/C26H25ClN2O4/c1-3-23-26(31)29(15-18-6-4-5-7-22(18)27)16-19-14-20(10-13-24(19)33-23)28-25(30)17-8-11-21(32-2)12-9-17/h4-14,23H,3,15-16H2,1-2H3,(H,28,30)/t23-/m0/s1. The van der Waals surface area contributed by atoms with Gasteiger partial charge in [0.15, 0.2) is 6.10 Å². The van der Waals surface area contributed by atoms with E-state index in [9.17, 15) is 9.59 Å². The van der Waals surface area contributed by atoms with Gasteiger partial charge in [-0.1, -0.05) is 36.7 Å². The molecule has 1 N–H and O–H groups in total. The first-order valence-corrected chi connectivity index (χ1v) is 11.1. The number of nitrogens with one attached hydrogen (secondary N) is 1. The fraction of sp³-hybridized carbons (Fsp3) is 0.231. The molecule has 0 unspecified atom stereocenters. The fourth-order valence-corrected chi connectivity index (χ4v) is 3.95. The average Bonchev–Trinajstić information content (AvgIpc) is 2.96. The van der Waals surface area contributed by atoms with Crippen molar-refractivity contribution in [1.82, 2.24) is 4.90 Å². The zero-order valence-corrected chi connectivity index (χ0v) is 19.3. The monoisotopic (exact) mass is 464 g/mol. The van der Waals surface area contributed by atoms with Gasteiger partial charge in [0.25, 0.3) is 11.8 Å². The van der Waals surface area contributed by atoms with E-state index in [4.69, 9.17) is 21.1 Å². The van der Waals surface area contributed by atoms with Crippen LogP contribution < -0.4 is 14.8 Å². The van der Waals surface area contributed by atoms with Crippen molar-refractivity contribution in [3.63, 3.8) is 0 Å². The highest BCUT2D eigenvalue weighted by Crippen LogP contribution is 2.31. The molecule has 0 aromatic heterocycles. The number of nitrogens with zero attached hydrogens (tertiary/aromatic N) is 1. The first-order valence-electron chi connectivity index (χ1n) is 10.8. The van der Waals surface area contributed by atoms with Crippen LogP contribution in [-0.4, -0.2) is 29.9 Å². The molecule has 2 amide bonds. The second-order valence-corrected chi connectivity index (χ2v) is 8.21. The van der Waals surface area contributed by atoms with Crippen molar-refractivity contribution in [2.75, 3.05) is 12.4 Å². The molecule has 1 aliphatic rings. The highest BCUT2D eigenvalue weighted by atomic mass is 35.5. The van der Waals surface area contributed by atoms with Crippen LogP contribution in [0.1, 0.15) is 34.8 Å². The van der Waals surface area contributed by atoms with Gasteiger partial charge in [0.05, 0.1) is 7.11 Å². The summed E-state index contributed by atoms with van der Waals surface area (Å²) in [4.78, 5) is 27.6. The van der Waals surface area contributed by atoms with Crippen LogP contribution in [0.3, 0.4) is 0 Å². The molecule has 1 heterocycles. The van der Waals surface area contributed by atoms with E-state index in [0.717, 1.165) is 11.1 Å². The van der Waals surface area contributed by atoms with Gasteiger partial charge >= 0.3 is 0 Å². The maximum Gasteiger partial charge on any atom is 0.264 e. The van der Waals surface area contributed by atoms with Crippen LogP contribution in [-0.2, 0) is 17.9 Å². The minimum atomic E-state index is -0.575. The van der Waals surface area contributed by atoms with Crippen molar-refractivity contribution < 1.29 is 19.1 Å². The lowest BCUT2D eigenvalue weighted by Crippen LogP contribution is -2.38. The van der Waals surface area contributed by atoms with Crippen LogP contribution in [0.5, 0.6) is 11.5 Å². The predicted octanol–water partition coefficient (Wildman–Crippen LogP) is 5.30. The van der Waals surface area contributed by atoms with Gasteiger partial charge in [0, 0.05) is 34.9 Å². The first-order chi connectivity index (χ1) is 16.0. The van der Waals surface area contributed by atoms with E-state index in [0.29, 0.717) is 47.3 Å². The second-order valence-electron chi connectivity index (χ2n) is 7.81. The van der Waals surface area contributed by atoms with Crippen molar-refractivity contribution in [3.8, 4) is 11.5 Å². The normalized spacial score (nSPS) is 15.3. The van der Waals surface area contributed by atoms with Crippen LogP contribution >= 0.6 is 11.6 Å². The molecule has 3 aromatic rings. The quantitative estimate of drug-likeness (QED) is 0.537. The Labute approximate surface area is 198 Å². The Balaban J connectivity index is 1.58. The number of methoxy groups -OCH3 is 1. The lowest BCUT2D eigenvalue weighted by atomic mass is 10.1. The van der Waals surface area contributed by atoms with Crippen LogP contribution in [0.25, 0.3) is 0 Å². The summed E-state index contributed by atoms with van der Waals surface area (Å²) in [5.41, 5.74) is 2.83. The van der Waals surface area contributed by atoms with Gasteiger partial charge < -0.3 is 19.7 Å². The number of anilines is 1. The molecule has 4 rings (SSSR count). The molecule has 3 aromatic carbocycles. The fourth-order valence-electron chi connectivity index (χ4n) is 3.76. The van der Waals surface area contributed by atoms with Gasteiger partial charge in [0.1, 0.15) is 11.5 Å². The molecular weight excluding hydrogens is 440 g/mol. The minimum absolute atomic E-state index is 0.0857. The number of hydrogen-bond acceptors (Lipinski definition) is 4. The molecule has 170 valence electrons. The summed E-state index contributed by atoms with van der Waals surface area (Å²) in [5.74, 6) is 1.00. The molecule has 0 saturated carbocycles. The van der Waals surface area contributed by atoms with E-state index in [1.54, 1.807) is 48.4 Å². The summed E-state index contributed by atoms with van der Waals surface area (Å²) in [5, 5.41) is 3.53. The van der Waals surface area contributed by atoms with E-state index < -0.39 is 6.10 Å². The number of amides is 2. The molecule has 7 heteroatoms. The molecule has 33 heavy (non-hydrogen) atoms. The van der Waals surface area contributed by atoms with Crippen LogP contribution in [0, 0.1) is 0 Å². The third kappa shape index (κ3) is 5.12. The maximum atomic E-state index is 13.1. The van der Waals surface area contributed by atoms with E-state index in [1.165, 1.54) is 0 Å². The number of hydrogen-bond donors (Lipinski definition) is 1. The molecule has 0 spiro atoms. The predicted molar refractivity (Wildman–Crippen MR) is 128 cm³/mol. The number of fused-ring (bicyclic) bond motifs is 1. The van der Waals surface area contributed by atoms with Crippen LogP contribution in [0.2, 0.25) is 5.02 Å². The van der Waals surface area contributed by atoms with Crippen molar-refractivity contribution in [2.45, 2.75) is 32.5 Å². The van der Waals surface area contributed by atoms with Crippen LogP contribution in [0.4, 0.5) is 5.69 Å². The smallest absolute Gasteiger partial charge is 0.264 e. The van der Waals surface area contributed by atoms with Crippen molar-refractivity contribution in [1.29, 1.82) is 0 Å². The minimum Gasteiger partial charge on any atom is -0.497 e. The Bertz CT molecular complexity index is 1160. The largest absolute Gasteiger partial charge is 0.497 e. The van der Waals surface area contributed by atoms with Gasteiger partial charge in [-0.3, -0.25) is 9.59 Å². The number of carbonyl (C=O) groups excluding carboxylic acids is 2. The third-order valence-corrected chi connectivity index (χ3v) is 5.95. The number of halogens is 1. The average molecular weight is 465 g/mol. The second kappa shape index (κ2) is 9.96. The Hall–Kier alpha value is -3.51. The highest BCUT2D eigenvalue weighted by molar-refractivity contribution is 6.31. The topological polar surface area (TPSA) is 67.9 Å². The van der Waals surface area contributed by atoms with E-state index in [1.807, 2.05) is 37.3 Å². The number of ether oxygens (including phenoxy) is 2. The van der Waals surface area contributed by atoms with Gasteiger partial charge in [-0.05, 0) is 60.5 Å². The molecule has 0 bridgehead atoms. The molecular formula is C26H25ClN2O4. The zero-order chi connectivity index (χ0) is 23.4. The Morgan fingerprint density at radius 3 is 2.61 bits per heavy atom. The first kappa shape index (κ1) is 22.7. The van der Waals surface area contributed by atoms with E-state index in [-0.39, 0.29) is 11.8 Å². The lowest BCUT2D eigenvalue weighted by Gasteiger charge is -2.23. The highest BCUT2D eigenvalue weighted by Gasteiger charge is 2.30. The summed E-state index contributed by atoms with van der Waals surface area (Å²) < 4.78 is 11.2. The van der Waals surface area contributed by atoms with E-state index in [2.05, 4.69) is 5.32 Å². The van der Waals surface area contributed by atoms with Crippen molar-refractivity contribution in [3.05, 3.63) is 88.4 Å². The molecule has 0 radical (unpaired) electrons. The van der Waals surface area contributed by atoms with Crippen LogP contribution in [0.15, 0.2) is 66.7 Å². The molecule has 6 nitrogen and oxygen atoms in total. The summed E-state index contributed by atoms with van der Waals surface area (Å²) >= 11 is 6.34. The van der Waals surface area contributed by atoms with Crippen molar-refractivity contribution in [2.24, 2.45) is 0 Å². The maximum absolute atomic E-state index is 13.1. The molecule has 1 aliphatic heterocycles. The molecule has 0 saturated heterocycles. The van der Waals surface area contributed by atoms with Gasteiger partial charge in [-0.2, -0.15) is 0 Å².